The molecule has 0 bridgehead atoms. The van der Waals surface area contributed by atoms with Crippen molar-refractivity contribution in [1.82, 2.24) is 5.32 Å². The summed E-state index contributed by atoms with van der Waals surface area (Å²) >= 11 is 3.37. The number of hydrogen-bond acceptors (Lipinski definition) is 1. The van der Waals surface area contributed by atoms with Crippen LogP contribution in [0.2, 0.25) is 0 Å². The van der Waals surface area contributed by atoms with Crippen LogP contribution in [0.5, 0.6) is 0 Å². The van der Waals surface area contributed by atoms with Gasteiger partial charge in [-0.1, -0.05) is 28.1 Å². The van der Waals surface area contributed by atoms with Gasteiger partial charge >= 0.3 is 0 Å². The first-order chi connectivity index (χ1) is 9.51. The van der Waals surface area contributed by atoms with E-state index in [9.17, 15) is 13.2 Å². The Morgan fingerprint density at radius 1 is 1.10 bits per heavy atom. The predicted molar refractivity (Wildman–Crippen MR) is 76.0 cm³/mol. The van der Waals surface area contributed by atoms with Gasteiger partial charge in [0.05, 0.1) is 0 Å². The van der Waals surface area contributed by atoms with Crippen molar-refractivity contribution >= 4 is 15.9 Å². The summed E-state index contributed by atoms with van der Waals surface area (Å²) in [5.74, 6) is -3.78. The second-order valence-corrected chi connectivity index (χ2v) is 5.39. The molecule has 0 fully saturated rings. The van der Waals surface area contributed by atoms with Crippen molar-refractivity contribution in [3.63, 3.8) is 0 Å². The molecule has 0 aromatic heterocycles. The fourth-order valence-electron chi connectivity index (χ4n) is 2.06. The van der Waals surface area contributed by atoms with Crippen molar-refractivity contribution in [2.24, 2.45) is 0 Å². The lowest BCUT2D eigenvalue weighted by atomic mass is 9.98. The fraction of sp³-hybridized carbons (Fsp3) is 0.200. The monoisotopic (exact) mass is 343 g/mol. The minimum Gasteiger partial charge on any atom is -0.313 e. The SMILES string of the molecule is CNC(Cc1cccc(Br)c1)c1cc(F)c(F)c(F)c1. The summed E-state index contributed by atoms with van der Waals surface area (Å²) in [6, 6.07) is 9.39. The van der Waals surface area contributed by atoms with Crippen LogP contribution < -0.4 is 5.32 Å². The first kappa shape index (κ1) is 15.1. The quantitative estimate of drug-likeness (QED) is 0.813. The molecule has 0 radical (unpaired) electrons. The van der Waals surface area contributed by atoms with Crippen LogP contribution in [0.1, 0.15) is 17.2 Å². The van der Waals surface area contributed by atoms with Gasteiger partial charge in [-0.2, -0.15) is 0 Å². The molecule has 0 heterocycles. The summed E-state index contributed by atoms with van der Waals surface area (Å²) in [7, 11) is 1.70. The third-order valence-electron chi connectivity index (χ3n) is 3.09. The smallest absolute Gasteiger partial charge is 0.194 e. The molecule has 0 aliphatic rings. The minimum absolute atomic E-state index is 0.297. The van der Waals surface area contributed by atoms with Crippen molar-refractivity contribution in [2.75, 3.05) is 7.05 Å². The molecule has 0 saturated heterocycles. The van der Waals surface area contributed by atoms with E-state index in [2.05, 4.69) is 21.2 Å². The Hall–Kier alpha value is -1.33. The van der Waals surface area contributed by atoms with E-state index < -0.39 is 17.5 Å². The average molecular weight is 344 g/mol. The zero-order valence-electron chi connectivity index (χ0n) is 10.8. The lowest BCUT2D eigenvalue weighted by Crippen LogP contribution is -2.19. The Kier molecular flexibility index (Phi) is 4.83. The number of hydrogen-bond donors (Lipinski definition) is 1. The van der Waals surface area contributed by atoms with Crippen molar-refractivity contribution in [3.8, 4) is 0 Å². The van der Waals surface area contributed by atoms with E-state index in [1.807, 2.05) is 24.3 Å². The maximum absolute atomic E-state index is 13.3. The number of nitrogens with one attached hydrogen (secondary N) is 1. The Morgan fingerprint density at radius 3 is 2.30 bits per heavy atom. The van der Waals surface area contributed by atoms with E-state index in [0.29, 0.717) is 12.0 Å². The molecule has 0 spiro atoms. The van der Waals surface area contributed by atoms with Crippen LogP contribution in [0.4, 0.5) is 13.2 Å². The van der Waals surface area contributed by atoms with Crippen LogP contribution >= 0.6 is 15.9 Å². The van der Waals surface area contributed by atoms with Gasteiger partial charge in [-0.25, -0.2) is 13.2 Å². The van der Waals surface area contributed by atoms with Gasteiger partial charge in [0, 0.05) is 10.5 Å². The minimum atomic E-state index is -1.44. The second kappa shape index (κ2) is 6.41. The summed E-state index contributed by atoms with van der Waals surface area (Å²) in [5, 5.41) is 2.99. The second-order valence-electron chi connectivity index (χ2n) is 4.47. The topological polar surface area (TPSA) is 12.0 Å². The third kappa shape index (κ3) is 3.41. The van der Waals surface area contributed by atoms with Crippen LogP contribution in [0.3, 0.4) is 0 Å². The molecular weight excluding hydrogens is 331 g/mol. The van der Waals surface area contributed by atoms with E-state index >= 15 is 0 Å². The highest BCUT2D eigenvalue weighted by Gasteiger charge is 2.16. The summed E-state index contributed by atoms with van der Waals surface area (Å²) in [4.78, 5) is 0. The van der Waals surface area contributed by atoms with Crippen molar-refractivity contribution in [1.29, 1.82) is 0 Å². The van der Waals surface area contributed by atoms with Gasteiger partial charge in [-0.15, -0.1) is 0 Å². The standard InChI is InChI=1S/C15H13BrF3N/c1-20-14(6-9-3-2-4-11(16)5-9)10-7-12(17)15(19)13(18)8-10/h2-5,7-8,14,20H,6H2,1H3. The van der Waals surface area contributed by atoms with E-state index in [1.54, 1.807) is 7.05 Å². The predicted octanol–water partition coefficient (Wildman–Crippen LogP) is 4.37. The highest BCUT2D eigenvalue weighted by Crippen LogP contribution is 2.23. The fourth-order valence-corrected chi connectivity index (χ4v) is 2.51. The van der Waals surface area contributed by atoms with Gasteiger partial charge in [0.15, 0.2) is 17.5 Å². The number of rotatable bonds is 4. The highest BCUT2D eigenvalue weighted by molar-refractivity contribution is 9.10. The van der Waals surface area contributed by atoms with Crippen LogP contribution in [-0.2, 0) is 6.42 Å². The average Bonchev–Trinajstić information content (AvgIpc) is 2.41. The molecule has 1 atom stereocenters. The van der Waals surface area contributed by atoms with Crippen LogP contribution in [0.25, 0.3) is 0 Å². The molecule has 20 heavy (non-hydrogen) atoms. The summed E-state index contributed by atoms with van der Waals surface area (Å²) in [5.41, 5.74) is 1.38. The van der Waals surface area contributed by atoms with E-state index in [-0.39, 0.29) is 6.04 Å². The van der Waals surface area contributed by atoms with Gasteiger partial charge in [0.1, 0.15) is 0 Å². The molecule has 1 N–H and O–H groups in total. The first-order valence-corrected chi connectivity index (χ1v) is 6.86. The molecule has 106 valence electrons. The number of halogens is 4. The zero-order valence-corrected chi connectivity index (χ0v) is 12.3. The van der Waals surface area contributed by atoms with Crippen LogP contribution in [-0.4, -0.2) is 7.05 Å². The van der Waals surface area contributed by atoms with Gasteiger partial charge < -0.3 is 5.32 Å². The molecule has 2 aromatic rings. The summed E-state index contributed by atoms with van der Waals surface area (Å²) < 4.78 is 40.5. The van der Waals surface area contributed by atoms with Crippen molar-refractivity contribution in [3.05, 3.63) is 69.4 Å². The van der Waals surface area contributed by atoms with Gasteiger partial charge in [0.25, 0.3) is 0 Å². The number of benzene rings is 2. The highest BCUT2D eigenvalue weighted by atomic mass is 79.9. The maximum Gasteiger partial charge on any atom is 0.194 e. The molecule has 2 rings (SSSR count). The summed E-state index contributed by atoms with van der Waals surface area (Å²) in [6.07, 6.45) is 0.542. The molecule has 2 aromatic carbocycles. The van der Waals surface area contributed by atoms with Gasteiger partial charge in [-0.3, -0.25) is 0 Å². The lowest BCUT2D eigenvalue weighted by Gasteiger charge is -2.17. The molecular formula is C15H13BrF3N. The van der Waals surface area contributed by atoms with Gasteiger partial charge in [-0.05, 0) is 48.9 Å². The summed E-state index contributed by atoms with van der Waals surface area (Å²) in [6.45, 7) is 0. The van der Waals surface area contributed by atoms with E-state index in [1.165, 1.54) is 0 Å². The van der Waals surface area contributed by atoms with E-state index in [0.717, 1.165) is 22.2 Å². The van der Waals surface area contributed by atoms with Gasteiger partial charge in [0.2, 0.25) is 0 Å². The van der Waals surface area contributed by atoms with Crippen LogP contribution in [0.15, 0.2) is 40.9 Å². The molecule has 5 heteroatoms. The molecule has 0 aliphatic heterocycles. The Morgan fingerprint density at radius 2 is 1.75 bits per heavy atom. The lowest BCUT2D eigenvalue weighted by molar-refractivity contribution is 0.441. The molecule has 0 saturated carbocycles. The Labute approximate surface area is 123 Å². The first-order valence-electron chi connectivity index (χ1n) is 6.07. The molecule has 0 amide bonds. The number of likely N-dealkylation sites (N-methyl/N-ethyl adjacent to an activating group) is 1. The third-order valence-corrected chi connectivity index (χ3v) is 3.58. The molecule has 1 nitrogen and oxygen atoms in total. The Balaban J connectivity index is 2.29. The van der Waals surface area contributed by atoms with Crippen molar-refractivity contribution < 1.29 is 13.2 Å². The maximum atomic E-state index is 13.3. The normalized spacial score (nSPS) is 12.4. The molecule has 0 aliphatic carbocycles. The largest absolute Gasteiger partial charge is 0.313 e. The zero-order chi connectivity index (χ0) is 14.7. The Bertz CT molecular complexity index is 593. The molecule has 1 unspecified atom stereocenters. The van der Waals surface area contributed by atoms with Crippen molar-refractivity contribution in [2.45, 2.75) is 12.5 Å². The van der Waals surface area contributed by atoms with E-state index in [4.69, 9.17) is 0 Å². The van der Waals surface area contributed by atoms with Crippen LogP contribution in [0, 0.1) is 17.5 Å².